The fourth-order valence-corrected chi connectivity index (χ4v) is 5.76. The van der Waals surface area contributed by atoms with Crippen molar-refractivity contribution < 1.29 is 14.0 Å². The van der Waals surface area contributed by atoms with Gasteiger partial charge in [0.2, 0.25) is 0 Å². The maximum absolute atomic E-state index is 13.5. The first-order chi connectivity index (χ1) is 15.6. The Morgan fingerprint density at radius 2 is 1.94 bits per heavy atom. The predicted octanol–water partition coefficient (Wildman–Crippen LogP) is 5.14. The number of aromatic nitrogens is 1. The quantitative estimate of drug-likeness (QED) is 0.445. The molecule has 0 fully saturated rings. The van der Waals surface area contributed by atoms with E-state index in [9.17, 15) is 9.59 Å². The SMILES string of the molecule is CNC(=O)c1c(NC(=O)c2cc3occc3n2Cc2ccccc2C)sc2c1CCCC2. The highest BCUT2D eigenvalue weighted by atomic mass is 32.1. The van der Waals surface area contributed by atoms with Crippen LogP contribution in [0.3, 0.4) is 0 Å². The Morgan fingerprint density at radius 1 is 1.12 bits per heavy atom. The van der Waals surface area contributed by atoms with Crippen LogP contribution in [-0.4, -0.2) is 23.4 Å². The molecule has 0 radical (unpaired) electrons. The fourth-order valence-electron chi connectivity index (χ4n) is 4.48. The second kappa shape index (κ2) is 8.31. The van der Waals surface area contributed by atoms with Crippen molar-refractivity contribution in [3.8, 4) is 0 Å². The summed E-state index contributed by atoms with van der Waals surface area (Å²) in [5, 5.41) is 6.41. The molecule has 32 heavy (non-hydrogen) atoms. The van der Waals surface area contributed by atoms with Crippen molar-refractivity contribution in [2.24, 2.45) is 0 Å². The number of carbonyl (C=O) groups is 2. The van der Waals surface area contributed by atoms with Crippen molar-refractivity contribution in [2.75, 3.05) is 12.4 Å². The number of aryl methyl sites for hydroxylation is 2. The maximum Gasteiger partial charge on any atom is 0.273 e. The molecule has 1 aromatic carbocycles. The standard InChI is InChI=1S/C25H25N3O3S/c1-15-7-3-4-8-16(15)14-28-18-11-12-31-20(18)13-19(28)23(29)27-25-22(24(30)26-2)17-9-5-6-10-21(17)32-25/h3-4,7-8,11-13H,5-6,9-10,14H2,1-2H3,(H,26,30)(H,27,29). The van der Waals surface area contributed by atoms with Crippen LogP contribution in [0.1, 0.15) is 55.3 Å². The third-order valence-electron chi connectivity index (χ3n) is 6.20. The summed E-state index contributed by atoms with van der Waals surface area (Å²) in [6, 6.07) is 11.8. The predicted molar refractivity (Wildman–Crippen MR) is 127 cm³/mol. The minimum atomic E-state index is -0.242. The lowest BCUT2D eigenvalue weighted by atomic mass is 9.95. The molecule has 4 aromatic rings. The molecule has 0 atom stereocenters. The number of nitrogens with zero attached hydrogens (tertiary/aromatic N) is 1. The van der Waals surface area contributed by atoms with Crippen LogP contribution in [-0.2, 0) is 19.4 Å². The van der Waals surface area contributed by atoms with Gasteiger partial charge < -0.3 is 19.6 Å². The second-order valence-corrected chi connectivity index (χ2v) is 9.27. The summed E-state index contributed by atoms with van der Waals surface area (Å²) in [5.41, 5.74) is 6.05. The Kier molecular flexibility index (Phi) is 5.35. The molecule has 1 aliphatic carbocycles. The van der Waals surface area contributed by atoms with Crippen LogP contribution >= 0.6 is 11.3 Å². The van der Waals surface area contributed by atoms with E-state index < -0.39 is 0 Å². The highest BCUT2D eigenvalue weighted by molar-refractivity contribution is 7.17. The molecule has 2 N–H and O–H groups in total. The molecule has 3 aromatic heterocycles. The molecular weight excluding hydrogens is 422 g/mol. The van der Waals surface area contributed by atoms with Gasteiger partial charge in [0.25, 0.3) is 11.8 Å². The average Bonchev–Trinajstić information content (AvgIpc) is 3.48. The zero-order valence-corrected chi connectivity index (χ0v) is 19.0. The van der Waals surface area contributed by atoms with Gasteiger partial charge in [-0.25, -0.2) is 0 Å². The average molecular weight is 448 g/mol. The van der Waals surface area contributed by atoms with E-state index in [2.05, 4.69) is 29.7 Å². The first-order valence-corrected chi connectivity index (χ1v) is 11.7. The number of fused-ring (bicyclic) bond motifs is 2. The number of nitrogens with one attached hydrogen (secondary N) is 2. The summed E-state index contributed by atoms with van der Waals surface area (Å²) in [4.78, 5) is 27.3. The van der Waals surface area contributed by atoms with Crippen molar-refractivity contribution in [2.45, 2.75) is 39.2 Å². The molecular formula is C25H25N3O3S. The molecule has 0 aliphatic heterocycles. The third kappa shape index (κ3) is 3.52. The molecule has 0 saturated carbocycles. The first kappa shape index (κ1) is 20.6. The van der Waals surface area contributed by atoms with Crippen LogP contribution in [0.15, 0.2) is 47.1 Å². The van der Waals surface area contributed by atoms with E-state index in [1.807, 2.05) is 22.8 Å². The van der Waals surface area contributed by atoms with Crippen molar-refractivity contribution in [1.29, 1.82) is 0 Å². The molecule has 1 aliphatic rings. The van der Waals surface area contributed by atoms with Gasteiger partial charge >= 0.3 is 0 Å². The lowest BCUT2D eigenvalue weighted by molar-refractivity contribution is 0.0963. The molecule has 0 unspecified atom stereocenters. The highest BCUT2D eigenvalue weighted by Crippen LogP contribution is 2.38. The Morgan fingerprint density at radius 3 is 2.75 bits per heavy atom. The van der Waals surface area contributed by atoms with E-state index >= 15 is 0 Å². The van der Waals surface area contributed by atoms with E-state index in [1.54, 1.807) is 19.4 Å². The van der Waals surface area contributed by atoms with Gasteiger partial charge in [0, 0.05) is 30.6 Å². The molecule has 6 nitrogen and oxygen atoms in total. The van der Waals surface area contributed by atoms with Crippen LogP contribution in [0.2, 0.25) is 0 Å². The molecule has 3 heterocycles. The van der Waals surface area contributed by atoms with Gasteiger partial charge in [0.05, 0.1) is 17.3 Å². The summed E-state index contributed by atoms with van der Waals surface area (Å²) in [6.45, 7) is 2.62. The van der Waals surface area contributed by atoms with Crippen LogP contribution in [0, 0.1) is 6.92 Å². The van der Waals surface area contributed by atoms with E-state index in [0.717, 1.165) is 47.9 Å². The van der Waals surface area contributed by atoms with Crippen molar-refractivity contribution in [1.82, 2.24) is 9.88 Å². The molecule has 7 heteroatoms. The number of amides is 2. The van der Waals surface area contributed by atoms with Gasteiger partial charge in [0.15, 0.2) is 5.58 Å². The van der Waals surface area contributed by atoms with Crippen LogP contribution in [0.4, 0.5) is 5.00 Å². The van der Waals surface area contributed by atoms with E-state index in [4.69, 9.17) is 4.42 Å². The minimum Gasteiger partial charge on any atom is -0.463 e. The number of benzene rings is 1. The van der Waals surface area contributed by atoms with Crippen molar-refractivity contribution in [3.05, 3.63) is 75.5 Å². The number of hydrogen-bond acceptors (Lipinski definition) is 4. The number of hydrogen-bond donors (Lipinski definition) is 2. The molecule has 2 amide bonds. The molecule has 0 bridgehead atoms. The largest absolute Gasteiger partial charge is 0.463 e. The topological polar surface area (TPSA) is 76.3 Å². The summed E-state index contributed by atoms with van der Waals surface area (Å²) in [5.74, 6) is -0.391. The van der Waals surface area contributed by atoms with Gasteiger partial charge in [-0.2, -0.15) is 0 Å². The third-order valence-corrected chi connectivity index (χ3v) is 7.40. The van der Waals surface area contributed by atoms with Crippen molar-refractivity contribution >= 4 is 39.3 Å². The maximum atomic E-state index is 13.5. The summed E-state index contributed by atoms with van der Waals surface area (Å²) in [6.07, 6.45) is 5.65. The molecule has 5 rings (SSSR count). The van der Waals surface area contributed by atoms with Gasteiger partial charge in [0.1, 0.15) is 10.7 Å². The van der Waals surface area contributed by atoms with Gasteiger partial charge in [-0.1, -0.05) is 24.3 Å². The van der Waals surface area contributed by atoms with E-state index in [1.165, 1.54) is 16.2 Å². The van der Waals surface area contributed by atoms with Gasteiger partial charge in [-0.3, -0.25) is 9.59 Å². The Labute approximate surface area is 190 Å². The monoisotopic (exact) mass is 447 g/mol. The highest BCUT2D eigenvalue weighted by Gasteiger charge is 2.27. The summed E-state index contributed by atoms with van der Waals surface area (Å²) >= 11 is 1.52. The summed E-state index contributed by atoms with van der Waals surface area (Å²) in [7, 11) is 1.63. The Balaban J connectivity index is 1.53. The van der Waals surface area contributed by atoms with Crippen LogP contribution in [0.25, 0.3) is 11.1 Å². The lowest BCUT2D eigenvalue weighted by Gasteiger charge is -2.13. The summed E-state index contributed by atoms with van der Waals surface area (Å²) < 4.78 is 7.57. The normalized spacial score (nSPS) is 13.2. The number of carbonyl (C=O) groups excluding carboxylic acids is 2. The van der Waals surface area contributed by atoms with Crippen LogP contribution < -0.4 is 10.6 Å². The second-order valence-electron chi connectivity index (χ2n) is 8.16. The molecule has 164 valence electrons. The van der Waals surface area contributed by atoms with E-state index in [0.29, 0.717) is 28.4 Å². The zero-order chi connectivity index (χ0) is 22.2. The van der Waals surface area contributed by atoms with E-state index in [-0.39, 0.29) is 11.8 Å². The first-order valence-electron chi connectivity index (χ1n) is 10.9. The minimum absolute atomic E-state index is 0.149. The Bertz CT molecular complexity index is 1330. The zero-order valence-electron chi connectivity index (χ0n) is 18.2. The molecule has 0 spiro atoms. The number of rotatable bonds is 5. The number of anilines is 1. The van der Waals surface area contributed by atoms with Gasteiger partial charge in [-0.15, -0.1) is 11.3 Å². The fraction of sp³-hybridized carbons (Fsp3) is 0.280. The lowest BCUT2D eigenvalue weighted by Crippen LogP contribution is -2.23. The number of furan rings is 1. The Hall–Kier alpha value is -3.32. The smallest absolute Gasteiger partial charge is 0.273 e. The van der Waals surface area contributed by atoms with Crippen molar-refractivity contribution in [3.63, 3.8) is 0 Å². The number of thiophene rings is 1. The molecule has 0 saturated heterocycles. The van der Waals surface area contributed by atoms with Gasteiger partial charge in [-0.05, 0) is 49.3 Å². The van der Waals surface area contributed by atoms with Crippen LogP contribution in [0.5, 0.6) is 0 Å².